The van der Waals surface area contributed by atoms with Crippen LogP contribution < -0.4 is 0 Å². The summed E-state index contributed by atoms with van der Waals surface area (Å²) in [5, 5.41) is 0. The molecule has 0 aliphatic rings. The first-order chi connectivity index (χ1) is 6.89. The summed E-state index contributed by atoms with van der Waals surface area (Å²) in [6, 6.07) is 5.22. The summed E-state index contributed by atoms with van der Waals surface area (Å²) in [5.74, 6) is 0. The topological polar surface area (TPSA) is 37.4 Å². The molecule has 5 heteroatoms. The molecule has 0 heterocycles. The third kappa shape index (κ3) is 2.59. The predicted octanol–water partition coefficient (Wildman–Crippen LogP) is 2.40. The minimum Gasteiger partial charge on any atom is -0.207 e. The van der Waals surface area contributed by atoms with E-state index >= 15 is 0 Å². The fraction of sp³-hybridized carbons (Fsp3) is 0.400. The van der Waals surface area contributed by atoms with Gasteiger partial charge in [0.25, 0.3) is 0 Å². The van der Waals surface area contributed by atoms with Crippen LogP contribution in [0.2, 0.25) is 0 Å². The van der Waals surface area contributed by atoms with Crippen LogP contribution in [0.4, 0.5) is 0 Å². The van der Waals surface area contributed by atoms with Gasteiger partial charge in [-0.15, -0.1) is 0 Å². The Morgan fingerprint density at radius 2 is 2.00 bits per heavy atom. The van der Waals surface area contributed by atoms with Crippen molar-refractivity contribution in [1.29, 1.82) is 0 Å². The fourth-order valence-electron chi connectivity index (χ4n) is 1.15. The van der Waals surface area contributed by atoms with E-state index in [-0.39, 0.29) is 0 Å². The van der Waals surface area contributed by atoms with Crippen LogP contribution in [0, 0.1) is 6.92 Å². The number of benzene rings is 1. The predicted molar refractivity (Wildman–Crippen MR) is 64.4 cm³/mol. The lowest BCUT2D eigenvalue weighted by molar-refractivity contribution is 0.486. The Morgan fingerprint density at radius 3 is 2.47 bits per heavy atom. The van der Waals surface area contributed by atoms with Crippen LogP contribution in [-0.4, -0.2) is 26.3 Å². The summed E-state index contributed by atoms with van der Waals surface area (Å²) >= 11 is 3.27. The molecule has 3 nitrogen and oxygen atoms in total. The quantitative estimate of drug-likeness (QED) is 0.858. The molecule has 0 unspecified atom stereocenters. The zero-order valence-corrected chi connectivity index (χ0v) is 11.4. The smallest absolute Gasteiger partial charge is 0.207 e. The minimum atomic E-state index is -3.35. The maximum absolute atomic E-state index is 12.0. The highest BCUT2D eigenvalue weighted by molar-refractivity contribution is 9.10. The number of rotatable bonds is 3. The van der Waals surface area contributed by atoms with Gasteiger partial charge in [0.2, 0.25) is 10.0 Å². The minimum absolute atomic E-state index is 0.317. The van der Waals surface area contributed by atoms with Gasteiger partial charge in [0.05, 0.1) is 4.90 Å². The van der Waals surface area contributed by atoms with Crippen molar-refractivity contribution in [3.05, 3.63) is 28.2 Å². The van der Waals surface area contributed by atoms with Crippen molar-refractivity contribution < 1.29 is 8.42 Å². The largest absolute Gasteiger partial charge is 0.243 e. The summed E-state index contributed by atoms with van der Waals surface area (Å²) in [4.78, 5) is 0.317. The van der Waals surface area contributed by atoms with Crippen LogP contribution in [0.15, 0.2) is 27.6 Å². The second-order valence-electron chi connectivity index (χ2n) is 3.35. The van der Waals surface area contributed by atoms with Gasteiger partial charge in [-0.25, -0.2) is 12.7 Å². The molecular formula is C10H14BrNO2S. The second kappa shape index (κ2) is 4.63. The number of aryl methyl sites for hydroxylation is 1. The van der Waals surface area contributed by atoms with Gasteiger partial charge in [0.15, 0.2) is 0 Å². The molecule has 0 radical (unpaired) electrons. The number of nitrogens with zero attached hydrogens (tertiary/aromatic N) is 1. The van der Waals surface area contributed by atoms with E-state index in [9.17, 15) is 8.42 Å². The third-order valence-corrected chi connectivity index (χ3v) is 5.13. The van der Waals surface area contributed by atoms with Crippen LogP contribution in [0.3, 0.4) is 0 Å². The SMILES string of the molecule is CCN(C)S(=O)(=O)c1ccc(C)cc1Br. The lowest BCUT2D eigenvalue weighted by atomic mass is 10.2. The summed E-state index contributed by atoms with van der Waals surface area (Å²) in [6.45, 7) is 4.19. The molecule has 0 amide bonds. The fourth-order valence-corrected chi connectivity index (χ4v) is 3.48. The Bertz CT molecular complexity index is 456. The monoisotopic (exact) mass is 291 g/mol. The van der Waals surface area contributed by atoms with Crippen molar-refractivity contribution in [2.45, 2.75) is 18.7 Å². The van der Waals surface area contributed by atoms with Gasteiger partial charge in [0.1, 0.15) is 0 Å². The van der Waals surface area contributed by atoms with Crippen LogP contribution in [0.1, 0.15) is 12.5 Å². The number of hydrogen-bond acceptors (Lipinski definition) is 2. The van der Waals surface area contributed by atoms with Crippen LogP contribution >= 0.6 is 15.9 Å². The van der Waals surface area contributed by atoms with Gasteiger partial charge in [-0.2, -0.15) is 0 Å². The van der Waals surface area contributed by atoms with Crippen molar-refractivity contribution >= 4 is 26.0 Å². The maximum atomic E-state index is 12.0. The Kier molecular flexibility index (Phi) is 3.92. The molecule has 0 aliphatic heterocycles. The van der Waals surface area contributed by atoms with Crippen molar-refractivity contribution in [3.63, 3.8) is 0 Å². The van der Waals surface area contributed by atoms with Gasteiger partial charge < -0.3 is 0 Å². The number of hydrogen-bond donors (Lipinski definition) is 0. The zero-order chi connectivity index (χ0) is 11.6. The van der Waals surface area contributed by atoms with Crippen molar-refractivity contribution in [1.82, 2.24) is 4.31 Å². The molecule has 0 saturated carbocycles. The molecule has 15 heavy (non-hydrogen) atoms. The van der Waals surface area contributed by atoms with E-state index < -0.39 is 10.0 Å². The van der Waals surface area contributed by atoms with E-state index in [0.717, 1.165) is 5.56 Å². The van der Waals surface area contributed by atoms with Crippen molar-refractivity contribution in [2.24, 2.45) is 0 Å². The van der Waals surface area contributed by atoms with E-state index in [1.165, 1.54) is 4.31 Å². The van der Waals surface area contributed by atoms with Gasteiger partial charge in [-0.05, 0) is 40.5 Å². The molecule has 0 bridgehead atoms. The standard InChI is InChI=1S/C10H14BrNO2S/c1-4-12(3)15(13,14)10-6-5-8(2)7-9(10)11/h5-7H,4H2,1-3H3. The lowest BCUT2D eigenvalue weighted by Crippen LogP contribution is -2.26. The highest BCUT2D eigenvalue weighted by Gasteiger charge is 2.21. The molecule has 0 spiro atoms. The Hall–Kier alpha value is -0.390. The molecular weight excluding hydrogens is 278 g/mol. The van der Waals surface area contributed by atoms with E-state index in [4.69, 9.17) is 0 Å². The van der Waals surface area contributed by atoms with Gasteiger partial charge in [-0.1, -0.05) is 13.0 Å². The summed E-state index contributed by atoms with van der Waals surface area (Å²) in [5.41, 5.74) is 1.03. The molecule has 0 aromatic heterocycles. The van der Waals surface area contributed by atoms with Gasteiger partial charge >= 0.3 is 0 Å². The van der Waals surface area contributed by atoms with Crippen LogP contribution in [-0.2, 0) is 10.0 Å². The Labute approximate surface area is 99.3 Å². The van der Waals surface area contributed by atoms with E-state index in [0.29, 0.717) is 15.9 Å². The van der Waals surface area contributed by atoms with Crippen molar-refractivity contribution in [3.8, 4) is 0 Å². The zero-order valence-electron chi connectivity index (χ0n) is 8.99. The number of sulfonamides is 1. The summed E-state index contributed by atoms with van der Waals surface area (Å²) in [6.07, 6.45) is 0. The average Bonchev–Trinajstić information content (AvgIpc) is 2.15. The van der Waals surface area contributed by atoms with Crippen LogP contribution in [0.5, 0.6) is 0 Å². The average molecular weight is 292 g/mol. The second-order valence-corrected chi connectivity index (χ2v) is 6.22. The normalized spacial score (nSPS) is 12.1. The summed E-state index contributed by atoms with van der Waals surface area (Å²) in [7, 11) is -1.78. The first kappa shape index (κ1) is 12.7. The lowest BCUT2D eigenvalue weighted by Gasteiger charge is -2.16. The maximum Gasteiger partial charge on any atom is 0.243 e. The third-order valence-electron chi connectivity index (χ3n) is 2.22. The van der Waals surface area contributed by atoms with E-state index in [1.54, 1.807) is 32.2 Å². The highest BCUT2D eigenvalue weighted by Crippen LogP contribution is 2.25. The molecule has 0 N–H and O–H groups in total. The van der Waals surface area contributed by atoms with Gasteiger partial charge in [0, 0.05) is 18.1 Å². The van der Waals surface area contributed by atoms with Crippen LogP contribution in [0.25, 0.3) is 0 Å². The highest BCUT2D eigenvalue weighted by atomic mass is 79.9. The summed E-state index contributed by atoms with van der Waals surface area (Å²) < 4.78 is 25.9. The van der Waals surface area contributed by atoms with E-state index in [1.807, 2.05) is 6.92 Å². The molecule has 0 atom stereocenters. The van der Waals surface area contributed by atoms with Gasteiger partial charge in [-0.3, -0.25) is 0 Å². The first-order valence-corrected chi connectivity index (χ1v) is 6.85. The van der Waals surface area contributed by atoms with Crippen molar-refractivity contribution in [2.75, 3.05) is 13.6 Å². The molecule has 0 fully saturated rings. The number of halogens is 1. The Balaban J connectivity index is 3.28. The molecule has 84 valence electrons. The first-order valence-electron chi connectivity index (χ1n) is 4.62. The molecule has 1 aromatic rings. The molecule has 0 saturated heterocycles. The van der Waals surface area contributed by atoms with E-state index in [2.05, 4.69) is 15.9 Å². The molecule has 1 aromatic carbocycles. The molecule has 0 aliphatic carbocycles. The Morgan fingerprint density at radius 1 is 1.40 bits per heavy atom. The molecule has 1 rings (SSSR count).